The van der Waals surface area contributed by atoms with E-state index in [1.165, 1.54) is 5.51 Å². The van der Waals surface area contributed by atoms with Crippen LogP contribution in [0.15, 0.2) is 16.4 Å². The van der Waals surface area contributed by atoms with Crippen molar-refractivity contribution >= 4 is 22.3 Å². The van der Waals surface area contributed by atoms with Gasteiger partial charge in [0, 0.05) is 6.07 Å². The zero-order valence-electron chi connectivity index (χ0n) is 6.17. The normalized spacial score (nSPS) is 10.5. The molecule has 0 saturated heterocycles. The van der Waals surface area contributed by atoms with Gasteiger partial charge in [-0.25, -0.2) is 9.78 Å². The highest BCUT2D eigenvalue weighted by Gasteiger charge is 2.09. The van der Waals surface area contributed by atoms with Crippen LogP contribution in [0.5, 0.6) is 0 Å². The van der Waals surface area contributed by atoms with Crippen molar-refractivity contribution in [3.63, 3.8) is 0 Å². The molecule has 0 aromatic carbocycles. The zero-order valence-corrected chi connectivity index (χ0v) is 6.98. The topological polar surface area (TPSA) is 84.6 Å². The Bertz CT molecular complexity index is 529. The van der Waals surface area contributed by atoms with Gasteiger partial charge < -0.3 is 5.11 Å². The largest absolute Gasteiger partial charge is 0.477 e. The summed E-state index contributed by atoms with van der Waals surface area (Å²) in [6, 6.07) is 0.940. The Labute approximate surface area is 75.1 Å². The van der Waals surface area contributed by atoms with Crippen molar-refractivity contribution in [1.29, 1.82) is 0 Å². The van der Waals surface area contributed by atoms with Crippen LogP contribution < -0.4 is 5.56 Å². The molecule has 2 aromatic rings. The van der Waals surface area contributed by atoms with Gasteiger partial charge in [0.25, 0.3) is 5.56 Å². The number of fused-ring (bicyclic) bond motifs is 1. The molecule has 2 rings (SSSR count). The van der Waals surface area contributed by atoms with Gasteiger partial charge in [-0.1, -0.05) is 11.3 Å². The summed E-state index contributed by atoms with van der Waals surface area (Å²) in [6.07, 6.45) is 0. The summed E-state index contributed by atoms with van der Waals surface area (Å²) in [5.74, 6) is -1.21. The van der Waals surface area contributed by atoms with Crippen LogP contribution in [0.1, 0.15) is 10.5 Å². The fraction of sp³-hybridized carbons (Fsp3) is 0. The van der Waals surface area contributed by atoms with E-state index in [9.17, 15) is 9.59 Å². The van der Waals surface area contributed by atoms with E-state index >= 15 is 0 Å². The van der Waals surface area contributed by atoms with Crippen molar-refractivity contribution in [2.75, 3.05) is 0 Å². The van der Waals surface area contributed by atoms with E-state index in [0.29, 0.717) is 0 Å². The molecule has 7 heteroatoms. The fourth-order valence-electron chi connectivity index (χ4n) is 0.865. The molecule has 2 heterocycles. The highest BCUT2D eigenvalue weighted by atomic mass is 32.1. The van der Waals surface area contributed by atoms with Gasteiger partial charge in [-0.3, -0.25) is 4.79 Å². The lowest BCUT2D eigenvalue weighted by atomic mass is 10.4. The Kier molecular flexibility index (Phi) is 1.59. The minimum Gasteiger partial charge on any atom is -0.477 e. The van der Waals surface area contributed by atoms with Crippen LogP contribution in [0.3, 0.4) is 0 Å². The van der Waals surface area contributed by atoms with E-state index in [4.69, 9.17) is 5.11 Å². The van der Waals surface area contributed by atoms with Crippen LogP contribution in [-0.2, 0) is 0 Å². The zero-order chi connectivity index (χ0) is 9.42. The van der Waals surface area contributed by atoms with Crippen LogP contribution in [0.2, 0.25) is 0 Å². The molecule has 0 spiro atoms. The van der Waals surface area contributed by atoms with E-state index in [1.807, 2.05) is 0 Å². The van der Waals surface area contributed by atoms with Crippen molar-refractivity contribution in [1.82, 2.24) is 14.6 Å². The number of carbonyl (C=O) groups is 1. The summed E-state index contributed by atoms with van der Waals surface area (Å²) in [7, 11) is 0. The van der Waals surface area contributed by atoms with Crippen molar-refractivity contribution in [2.45, 2.75) is 0 Å². The lowest BCUT2D eigenvalue weighted by Crippen LogP contribution is -2.17. The maximum Gasteiger partial charge on any atom is 0.354 e. The predicted octanol–water partition coefficient (Wildman–Crippen LogP) is -0.151. The summed E-state index contributed by atoms with van der Waals surface area (Å²) >= 11 is 1.11. The molecule has 1 N–H and O–H groups in total. The molecule has 0 aliphatic heterocycles. The summed E-state index contributed by atoms with van der Waals surface area (Å²) in [6.45, 7) is 0. The molecule has 2 aromatic heterocycles. The average Bonchev–Trinajstić information content (AvgIpc) is 2.51. The first kappa shape index (κ1) is 7.87. The van der Waals surface area contributed by atoms with Gasteiger partial charge in [0.05, 0.1) is 0 Å². The maximum absolute atomic E-state index is 11.2. The van der Waals surface area contributed by atoms with E-state index in [1.54, 1.807) is 0 Å². The number of aromatic carboxylic acids is 1. The lowest BCUT2D eigenvalue weighted by Gasteiger charge is -1.92. The van der Waals surface area contributed by atoms with Gasteiger partial charge in [0.2, 0.25) is 4.96 Å². The first-order valence-corrected chi connectivity index (χ1v) is 4.13. The second kappa shape index (κ2) is 2.63. The SMILES string of the molecule is O=C(O)c1cc(=O)n2ncsc2n1. The van der Waals surface area contributed by atoms with E-state index in [0.717, 1.165) is 21.9 Å². The van der Waals surface area contributed by atoms with Crippen LogP contribution in [-0.4, -0.2) is 25.7 Å². The second-order valence-corrected chi connectivity index (χ2v) is 3.03. The molecule has 66 valence electrons. The third-order valence-electron chi connectivity index (χ3n) is 1.41. The lowest BCUT2D eigenvalue weighted by molar-refractivity contribution is 0.0690. The summed E-state index contributed by atoms with van der Waals surface area (Å²) in [5.41, 5.74) is 0.688. The molecule has 0 aliphatic carbocycles. The smallest absolute Gasteiger partial charge is 0.354 e. The number of hydrogen-bond acceptors (Lipinski definition) is 5. The Morgan fingerprint density at radius 2 is 2.38 bits per heavy atom. The van der Waals surface area contributed by atoms with Crippen molar-refractivity contribution in [3.8, 4) is 0 Å². The molecular formula is C6H3N3O3S. The van der Waals surface area contributed by atoms with Gasteiger partial charge in [-0.05, 0) is 0 Å². The molecular weight excluding hydrogens is 194 g/mol. The Balaban J connectivity index is 2.85. The van der Waals surface area contributed by atoms with Gasteiger partial charge in [0.1, 0.15) is 5.51 Å². The first-order chi connectivity index (χ1) is 6.18. The number of carboxylic acid groups (broad SMARTS) is 1. The highest BCUT2D eigenvalue weighted by molar-refractivity contribution is 7.14. The number of hydrogen-bond donors (Lipinski definition) is 1. The third-order valence-corrected chi connectivity index (χ3v) is 2.08. The number of rotatable bonds is 1. The third kappa shape index (κ3) is 1.18. The summed E-state index contributed by atoms with van der Waals surface area (Å²) in [5, 5.41) is 12.3. The maximum atomic E-state index is 11.2. The van der Waals surface area contributed by atoms with Gasteiger partial charge in [0.15, 0.2) is 5.69 Å². The van der Waals surface area contributed by atoms with E-state index in [2.05, 4.69) is 10.1 Å². The number of nitrogens with zero attached hydrogens (tertiary/aromatic N) is 3. The van der Waals surface area contributed by atoms with Crippen LogP contribution >= 0.6 is 11.3 Å². The molecule has 0 bridgehead atoms. The number of carboxylic acids is 1. The van der Waals surface area contributed by atoms with Gasteiger partial charge in [-0.2, -0.15) is 9.61 Å². The minimum absolute atomic E-state index is 0.255. The Morgan fingerprint density at radius 1 is 1.62 bits per heavy atom. The summed E-state index contributed by atoms with van der Waals surface area (Å²) in [4.78, 5) is 25.7. The molecule has 0 saturated carbocycles. The first-order valence-electron chi connectivity index (χ1n) is 3.25. The van der Waals surface area contributed by atoms with E-state index < -0.39 is 11.5 Å². The van der Waals surface area contributed by atoms with Crippen LogP contribution in [0.4, 0.5) is 0 Å². The molecule has 0 aliphatic rings. The molecule has 13 heavy (non-hydrogen) atoms. The Hall–Kier alpha value is -1.76. The monoisotopic (exact) mass is 197 g/mol. The van der Waals surface area contributed by atoms with Gasteiger partial charge in [-0.15, -0.1) is 0 Å². The minimum atomic E-state index is -1.21. The molecule has 0 amide bonds. The molecule has 0 atom stereocenters. The fourth-order valence-corrected chi connectivity index (χ4v) is 1.49. The molecule has 0 unspecified atom stereocenters. The molecule has 6 nitrogen and oxygen atoms in total. The van der Waals surface area contributed by atoms with E-state index in [-0.39, 0.29) is 10.7 Å². The predicted molar refractivity (Wildman–Crippen MR) is 44.1 cm³/mol. The van der Waals surface area contributed by atoms with Crippen molar-refractivity contribution < 1.29 is 9.90 Å². The van der Waals surface area contributed by atoms with Crippen LogP contribution in [0.25, 0.3) is 4.96 Å². The molecule has 0 radical (unpaired) electrons. The van der Waals surface area contributed by atoms with Crippen molar-refractivity contribution in [3.05, 3.63) is 27.6 Å². The Morgan fingerprint density at radius 3 is 3.08 bits per heavy atom. The molecule has 0 fully saturated rings. The quantitative estimate of drug-likeness (QED) is 0.687. The standard InChI is InChI=1S/C6H3N3O3S/c10-4-1-3(5(11)12)8-6-9(4)7-2-13-6/h1-2H,(H,11,12). The second-order valence-electron chi connectivity index (χ2n) is 2.22. The highest BCUT2D eigenvalue weighted by Crippen LogP contribution is 2.03. The average molecular weight is 197 g/mol. The van der Waals surface area contributed by atoms with Gasteiger partial charge >= 0.3 is 5.97 Å². The number of aromatic nitrogens is 3. The van der Waals surface area contributed by atoms with Crippen LogP contribution in [0, 0.1) is 0 Å². The van der Waals surface area contributed by atoms with Crippen molar-refractivity contribution in [2.24, 2.45) is 0 Å². The summed E-state index contributed by atoms with van der Waals surface area (Å²) < 4.78 is 1.05.